The van der Waals surface area contributed by atoms with E-state index in [1.54, 1.807) is 14.2 Å². The van der Waals surface area contributed by atoms with Crippen LogP contribution in [-0.4, -0.2) is 51.5 Å². The van der Waals surface area contributed by atoms with Crippen molar-refractivity contribution in [1.82, 2.24) is 4.90 Å². The number of ether oxygens (including phenoxy) is 2. The van der Waals surface area contributed by atoms with Crippen LogP contribution in [0, 0.1) is 0 Å². The molecule has 0 aromatic carbocycles. The lowest BCUT2D eigenvalue weighted by Crippen LogP contribution is -2.37. The summed E-state index contributed by atoms with van der Waals surface area (Å²) in [5.74, 6) is 0. The summed E-state index contributed by atoms with van der Waals surface area (Å²) in [6, 6.07) is 0.555. The topological polar surface area (TPSA) is 21.7 Å². The van der Waals surface area contributed by atoms with Crippen LogP contribution >= 0.6 is 0 Å². The Labute approximate surface area is 75.6 Å². The number of hydrogen-bond donors (Lipinski definition) is 0. The van der Waals surface area contributed by atoms with Crippen LogP contribution in [0.15, 0.2) is 0 Å². The fraction of sp³-hybridized carbons (Fsp3) is 1.00. The molecule has 0 aromatic rings. The van der Waals surface area contributed by atoms with E-state index in [0.29, 0.717) is 12.6 Å². The minimum absolute atomic E-state index is 0.183. The van der Waals surface area contributed by atoms with Gasteiger partial charge in [-0.05, 0) is 20.9 Å². The number of hydrogen-bond acceptors (Lipinski definition) is 3. The third kappa shape index (κ3) is 4.70. The quantitative estimate of drug-likeness (QED) is 0.601. The zero-order chi connectivity index (χ0) is 9.56. The first-order chi connectivity index (χ1) is 5.61. The van der Waals surface area contributed by atoms with Gasteiger partial charge in [-0.1, -0.05) is 0 Å². The van der Waals surface area contributed by atoms with Gasteiger partial charge in [0.05, 0.1) is 12.7 Å². The molecular weight excluding hydrogens is 154 g/mol. The predicted molar refractivity (Wildman–Crippen MR) is 50.4 cm³/mol. The summed E-state index contributed by atoms with van der Waals surface area (Å²) >= 11 is 0. The Hall–Kier alpha value is -0.120. The van der Waals surface area contributed by atoms with Gasteiger partial charge in [-0.2, -0.15) is 0 Å². The largest absolute Gasteiger partial charge is 0.382 e. The van der Waals surface area contributed by atoms with Crippen molar-refractivity contribution in [2.75, 3.05) is 34.4 Å². The highest BCUT2D eigenvalue weighted by Crippen LogP contribution is 1.99. The fourth-order valence-electron chi connectivity index (χ4n) is 0.913. The molecule has 1 unspecified atom stereocenters. The predicted octanol–water partition coefficient (Wildman–Crippen LogP) is 0.988. The van der Waals surface area contributed by atoms with Crippen LogP contribution in [0.4, 0.5) is 0 Å². The molecule has 0 heterocycles. The molecule has 0 amide bonds. The summed E-state index contributed by atoms with van der Waals surface area (Å²) < 4.78 is 10.3. The van der Waals surface area contributed by atoms with Crippen LogP contribution in [0.1, 0.15) is 13.8 Å². The minimum Gasteiger partial charge on any atom is -0.382 e. The van der Waals surface area contributed by atoms with E-state index in [-0.39, 0.29) is 6.10 Å². The second-order valence-corrected chi connectivity index (χ2v) is 3.35. The van der Waals surface area contributed by atoms with E-state index < -0.39 is 0 Å². The van der Waals surface area contributed by atoms with Crippen molar-refractivity contribution >= 4 is 0 Å². The normalized spacial score (nSPS) is 14.2. The first-order valence-corrected chi connectivity index (χ1v) is 4.33. The third-order valence-corrected chi connectivity index (χ3v) is 2.06. The second-order valence-electron chi connectivity index (χ2n) is 3.35. The van der Waals surface area contributed by atoms with Gasteiger partial charge < -0.3 is 14.4 Å². The molecule has 0 rings (SSSR count). The van der Waals surface area contributed by atoms with E-state index in [1.165, 1.54) is 0 Å². The number of rotatable bonds is 6. The molecule has 0 radical (unpaired) electrons. The molecule has 3 heteroatoms. The van der Waals surface area contributed by atoms with Gasteiger partial charge in [0, 0.05) is 26.8 Å². The van der Waals surface area contributed by atoms with Gasteiger partial charge in [0.25, 0.3) is 0 Å². The molecule has 0 fully saturated rings. The van der Waals surface area contributed by atoms with Gasteiger partial charge >= 0.3 is 0 Å². The maximum atomic E-state index is 5.24. The number of likely N-dealkylation sites (N-methyl/N-ethyl adjacent to an activating group) is 1. The van der Waals surface area contributed by atoms with Gasteiger partial charge in [0.2, 0.25) is 0 Å². The number of nitrogens with zero attached hydrogens (tertiary/aromatic N) is 1. The molecular formula is C9H21NO2. The lowest BCUT2D eigenvalue weighted by molar-refractivity contribution is 0.00585. The van der Waals surface area contributed by atoms with Gasteiger partial charge in [0.1, 0.15) is 0 Å². The maximum absolute atomic E-state index is 5.24. The number of methoxy groups -OCH3 is 2. The Morgan fingerprint density at radius 1 is 1.25 bits per heavy atom. The van der Waals surface area contributed by atoms with Gasteiger partial charge in [-0.3, -0.25) is 0 Å². The zero-order valence-electron chi connectivity index (χ0n) is 8.83. The SMILES string of the molecule is COCC(CN(C)C(C)C)OC. The summed E-state index contributed by atoms with van der Waals surface area (Å²) in [7, 11) is 5.51. The Kier molecular flexibility index (Phi) is 6.34. The lowest BCUT2D eigenvalue weighted by Gasteiger charge is -2.25. The maximum Gasteiger partial charge on any atom is 0.0931 e. The minimum atomic E-state index is 0.183. The van der Waals surface area contributed by atoms with E-state index in [1.807, 2.05) is 0 Å². The van der Waals surface area contributed by atoms with E-state index in [2.05, 4.69) is 25.8 Å². The Bertz CT molecular complexity index is 107. The van der Waals surface area contributed by atoms with Gasteiger partial charge in [0.15, 0.2) is 0 Å². The smallest absolute Gasteiger partial charge is 0.0931 e. The standard InChI is InChI=1S/C9H21NO2/c1-8(2)10(3)6-9(12-5)7-11-4/h8-9H,6-7H2,1-5H3. The van der Waals surface area contributed by atoms with Crippen molar-refractivity contribution in [1.29, 1.82) is 0 Å². The molecule has 0 aliphatic carbocycles. The monoisotopic (exact) mass is 175 g/mol. The first-order valence-electron chi connectivity index (χ1n) is 4.33. The van der Waals surface area contributed by atoms with Crippen LogP contribution in [0.2, 0.25) is 0 Å². The van der Waals surface area contributed by atoms with Crippen LogP contribution in [0.25, 0.3) is 0 Å². The Morgan fingerprint density at radius 3 is 2.17 bits per heavy atom. The second kappa shape index (κ2) is 6.40. The van der Waals surface area contributed by atoms with E-state index >= 15 is 0 Å². The zero-order valence-corrected chi connectivity index (χ0v) is 8.83. The summed E-state index contributed by atoms with van der Waals surface area (Å²) in [6.07, 6.45) is 0.183. The molecule has 1 atom stereocenters. The van der Waals surface area contributed by atoms with Crippen molar-refractivity contribution in [2.45, 2.75) is 26.0 Å². The Balaban J connectivity index is 3.68. The molecule has 3 nitrogen and oxygen atoms in total. The van der Waals surface area contributed by atoms with Crippen molar-refractivity contribution in [3.63, 3.8) is 0 Å². The van der Waals surface area contributed by atoms with Crippen LogP contribution in [0.3, 0.4) is 0 Å². The highest BCUT2D eigenvalue weighted by molar-refractivity contribution is 4.64. The van der Waals surface area contributed by atoms with Crippen LogP contribution < -0.4 is 0 Å². The molecule has 0 aliphatic heterocycles. The van der Waals surface area contributed by atoms with E-state index in [9.17, 15) is 0 Å². The molecule has 0 aliphatic rings. The van der Waals surface area contributed by atoms with Crippen molar-refractivity contribution in [3.8, 4) is 0 Å². The average molecular weight is 175 g/mol. The molecule has 74 valence electrons. The van der Waals surface area contributed by atoms with E-state index in [4.69, 9.17) is 9.47 Å². The lowest BCUT2D eigenvalue weighted by atomic mass is 10.3. The average Bonchev–Trinajstić information content (AvgIpc) is 2.03. The highest BCUT2D eigenvalue weighted by Gasteiger charge is 2.11. The fourth-order valence-corrected chi connectivity index (χ4v) is 0.913. The third-order valence-electron chi connectivity index (χ3n) is 2.06. The van der Waals surface area contributed by atoms with Crippen molar-refractivity contribution in [3.05, 3.63) is 0 Å². The van der Waals surface area contributed by atoms with E-state index in [0.717, 1.165) is 6.54 Å². The van der Waals surface area contributed by atoms with Crippen molar-refractivity contribution in [2.24, 2.45) is 0 Å². The van der Waals surface area contributed by atoms with Crippen LogP contribution in [-0.2, 0) is 9.47 Å². The molecule has 0 spiro atoms. The molecule has 0 N–H and O–H groups in total. The first kappa shape index (κ1) is 11.9. The molecule has 0 saturated heterocycles. The Morgan fingerprint density at radius 2 is 1.83 bits per heavy atom. The van der Waals surface area contributed by atoms with Gasteiger partial charge in [-0.25, -0.2) is 0 Å². The summed E-state index contributed by atoms with van der Waals surface area (Å²) in [5, 5.41) is 0. The molecule has 0 bridgehead atoms. The van der Waals surface area contributed by atoms with Crippen LogP contribution in [0.5, 0.6) is 0 Å². The molecule has 0 aromatic heterocycles. The highest BCUT2D eigenvalue weighted by atomic mass is 16.5. The molecule has 0 saturated carbocycles. The summed E-state index contributed by atoms with van der Waals surface area (Å²) in [4.78, 5) is 2.24. The van der Waals surface area contributed by atoms with Crippen molar-refractivity contribution < 1.29 is 9.47 Å². The molecule has 12 heavy (non-hydrogen) atoms. The van der Waals surface area contributed by atoms with Gasteiger partial charge in [-0.15, -0.1) is 0 Å². The summed E-state index contributed by atoms with van der Waals surface area (Å²) in [5.41, 5.74) is 0. The summed E-state index contributed by atoms with van der Waals surface area (Å²) in [6.45, 7) is 5.91.